The van der Waals surface area contributed by atoms with Gasteiger partial charge in [0.2, 0.25) is 5.91 Å². The van der Waals surface area contributed by atoms with Crippen LogP contribution in [0.4, 0.5) is 0 Å². The Hall–Kier alpha value is -1.04. The zero-order valence-corrected chi connectivity index (χ0v) is 10.4. The Kier molecular flexibility index (Phi) is 4.42. The molecule has 1 saturated heterocycles. The van der Waals surface area contributed by atoms with E-state index in [1.807, 2.05) is 18.2 Å². The topological polar surface area (TPSA) is 67.2 Å². The third-order valence-corrected chi connectivity index (χ3v) is 3.61. The minimum Gasteiger partial charge on any atom is -0.332 e. The van der Waals surface area contributed by atoms with E-state index >= 15 is 0 Å². The summed E-state index contributed by atoms with van der Waals surface area (Å²) in [6.45, 7) is 0. The van der Waals surface area contributed by atoms with E-state index in [1.54, 1.807) is 11.8 Å². The second-order valence-corrected chi connectivity index (χ2v) is 5.24. The molecule has 1 fully saturated rings. The van der Waals surface area contributed by atoms with Gasteiger partial charge in [-0.15, -0.1) is 11.8 Å². The van der Waals surface area contributed by atoms with Crippen LogP contribution in [0.1, 0.15) is 12.0 Å². The van der Waals surface area contributed by atoms with Gasteiger partial charge in [-0.25, -0.2) is 0 Å². The molecule has 0 saturated carbocycles. The number of nitrogens with one attached hydrogen (secondary N) is 2. The van der Waals surface area contributed by atoms with Gasteiger partial charge >= 0.3 is 0 Å². The van der Waals surface area contributed by atoms with Crippen LogP contribution >= 0.6 is 11.8 Å². The molecule has 0 aliphatic carbocycles. The van der Waals surface area contributed by atoms with Crippen LogP contribution in [-0.4, -0.2) is 23.3 Å². The molecule has 0 bridgehead atoms. The molecule has 1 aromatic rings. The number of amides is 1. The molecule has 1 aliphatic heterocycles. The van der Waals surface area contributed by atoms with Gasteiger partial charge in [0, 0.05) is 5.75 Å². The predicted molar refractivity (Wildman–Crippen MR) is 70.3 cm³/mol. The highest BCUT2D eigenvalue weighted by molar-refractivity contribution is 7.99. The molecular formula is C12H17N3OS. The van der Waals surface area contributed by atoms with Gasteiger partial charge in [0.25, 0.3) is 0 Å². The summed E-state index contributed by atoms with van der Waals surface area (Å²) in [4.78, 5) is 11.3. The van der Waals surface area contributed by atoms with Crippen molar-refractivity contribution < 1.29 is 4.79 Å². The summed E-state index contributed by atoms with van der Waals surface area (Å²) in [5.41, 5.74) is 6.96. The summed E-state index contributed by atoms with van der Waals surface area (Å²) in [5.74, 6) is 0.975. The van der Waals surface area contributed by atoms with E-state index in [9.17, 15) is 4.79 Å². The highest BCUT2D eigenvalue weighted by atomic mass is 32.2. The largest absolute Gasteiger partial charge is 0.332 e. The van der Waals surface area contributed by atoms with Crippen molar-refractivity contribution in [2.45, 2.75) is 24.5 Å². The number of rotatable bonds is 4. The Morgan fingerprint density at radius 2 is 2.12 bits per heavy atom. The molecule has 0 aromatic heterocycles. The molecule has 1 aromatic carbocycles. The van der Waals surface area contributed by atoms with E-state index in [0.29, 0.717) is 6.42 Å². The highest BCUT2D eigenvalue weighted by Gasteiger charge is 2.22. The van der Waals surface area contributed by atoms with Crippen molar-refractivity contribution in [2.24, 2.45) is 5.73 Å². The second-order valence-electron chi connectivity index (χ2n) is 4.03. The van der Waals surface area contributed by atoms with E-state index in [4.69, 9.17) is 5.73 Å². The Morgan fingerprint density at radius 3 is 2.82 bits per heavy atom. The van der Waals surface area contributed by atoms with E-state index in [2.05, 4.69) is 22.8 Å². The number of hydrogen-bond acceptors (Lipinski definition) is 4. The lowest BCUT2D eigenvalue weighted by Gasteiger charge is -2.28. The van der Waals surface area contributed by atoms with Gasteiger partial charge in [-0.05, 0) is 12.0 Å². The van der Waals surface area contributed by atoms with Crippen LogP contribution in [-0.2, 0) is 11.2 Å². The Balaban J connectivity index is 1.73. The summed E-state index contributed by atoms with van der Waals surface area (Å²) in [6.07, 6.45) is 1.13. The van der Waals surface area contributed by atoms with Crippen molar-refractivity contribution in [2.75, 3.05) is 5.75 Å². The van der Waals surface area contributed by atoms with Gasteiger partial charge in [0.05, 0.1) is 12.6 Å². The van der Waals surface area contributed by atoms with Crippen LogP contribution < -0.4 is 16.4 Å². The lowest BCUT2D eigenvalue weighted by molar-refractivity contribution is -0.123. The zero-order chi connectivity index (χ0) is 12.1. The summed E-state index contributed by atoms with van der Waals surface area (Å²) in [7, 11) is 0. The zero-order valence-electron chi connectivity index (χ0n) is 9.56. The second kappa shape index (κ2) is 6.05. The van der Waals surface area contributed by atoms with Crippen molar-refractivity contribution in [3.05, 3.63) is 35.9 Å². The molecule has 17 heavy (non-hydrogen) atoms. The van der Waals surface area contributed by atoms with Crippen molar-refractivity contribution >= 4 is 17.7 Å². The van der Waals surface area contributed by atoms with Gasteiger partial charge in [0.15, 0.2) is 0 Å². The molecule has 2 rings (SSSR count). The quantitative estimate of drug-likeness (QED) is 0.734. The first-order valence-electron chi connectivity index (χ1n) is 5.70. The number of hydrogen-bond donors (Lipinski definition) is 3. The van der Waals surface area contributed by atoms with Gasteiger partial charge in [-0.1, -0.05) is 30.3 Å². The molecule has 92 valence electrons. The number of nitrogens with two attached hydrogens (primary N) is 1. The lowest BCUT2D eigenvalue weighted by Crippen LogP contribution is -2.58. The fourth-order valence-electron chi connectivity index (χ4n) is 1.73. The Labute approximate surface area is 105 Å². The van der Waals surface area contributed by atoms with Crippen LogP contribution in [0.2, 0.25) is 0 Å². The molecule has 2 atom stereocenters. The fourth-order valence-corrected chi connectivity index (χ4v) is 2.80. The number of aryl methyl sites for hydroxylation is 1. The average molecular weight is 251 g/mol. The smallest absolute Gasteiger partial charge is 0.224 e. The molecule has 1 aliphatic rings. The lowest BCUT2D eigenvalue weighted by atomic mass is 10.2. The normalized spacial score (nSPS) is 24.4. The maximum Gasteiger partial charge on any atom is 0.224 e. The summed E-state index contributed by atoms with van der Waals surface area (Å²) >= 11 is 1.68. The molecule has 2 unspecified atom stereocenters. The van der Waals surface area contributed by atoms with Crippen LogP contribution in [0.5, 0.6) is 0 Å². The molecule has 1 amide bonds. The van der Waals surface area contributed by atoms with Gasteiger partial charge in [-0.3, -0.25) is 10.1 Å². The maximum atomic E-state index is 11.3. The van der Waals surface area contributed by atoms with Gasteiger partial charge in [-0.2, -0.15) is 0 Å². The third-order valence-electron chi connectivity index (χ3n) is 2.58. The monoisotopic (exact) mass is 251 g/mol. The first-order chi connectivity index (χ1) is 8.24. The van der Waals surface area contributed by atoms with Crippen LogP contribution in [0.3, 0.4) is 0 Å². The van der Waals surface area contributed by atoms with Crippen LogP contribution in [0.15, 0.2) is 30.3 Å². The highest BCUT2D eigenvalue weighted by Crippen LogP contribution is 2.12. The molecule has 4 N–H and O–H groups in total. The molecular weight excluding hydrogens is 234 g/mol. The predicted octanol–water partition coefficient (Wildman–Crippen LogP) is 0.640. The van der Waals surface area contributed by atoms with Crippen molar-refractivity contribution in [3.8, 4) is 0 Å². The number of benzene rings is 1. The molecule has 0 spiro atoms. The first kappa shape index (κ1) is 12.4. The van der Waals surface area contributed by atoms with Crippen molar-refractivity contribution in [1.29, 1.82) is 0 Å². The minimum absolute atomic E-state index is 0.0217. The molecule has 5 heteroatoms. The minimum atomic E-state index is -0.224. The number of carbonyl (C=O) groups excluding carboxylic acids is 1. The summed E-state index contributed by atoms with van der Waals surface area (Å²) in [6, 6.07) is 10.3. The molecule has 4 nitrogen and oxygen atoms in total. The standard InChI is InChI=1S/C12H17N3OS/c13-10-8-11(16)15-12(14-10)17-7-6-9-4-2-1-3-5-9/h1-5,10,12,14H,6-8,13H2,(H,15,16). The molecule has 0 radical (unpaired) electrons. The Bertz CT molecular complexity index is 371. The number of thioether (sulfide) groups is 1. The SMILES string of the molecule is NC1CC(=O)NC(SCCc2ccccc2)N1. The van der Waals surface area contributed by atoms with Crippen molar-refractivity contribution in [3.63, 3.8) is 0 Å². The first-order valence-corrected chi connectivity index (χ1v) is 6.75. The van der Waals surface area contributed by atoms with Gasteiger partial charge in [0.1, 0.15) is 5.50 Å². The van der Waals surface area contributed by atoms with Crippen molar-refractivity contribution in [1.82, 2.24) is 10.6 Å². The average Bonchev–Trinajstić information content (AvgIpc) is 2.29. The maximum absolute atomic E-state index is 11.3. The summed E-state index contributed by atoms with van der Waals surface area (Å²) < 4.78 is 0. The third kappa shape index (κ3) is 4.03. The van der Waals surface area contributed by atoms with Crippen LogP contribution in [0.25, 0.3) is 0 Å². The van der Waals surface area contributed by atoms with Gasteiger partial charge < -0.3 is 11.1 Å². The van der Waals surface area contributed by atoms with Crippen LogP contribution in [0, 0.1) is 0 Å². The van der Waals surface area contributed by atoms with E-state index in [1.165, 1.54) is 5.56 Å². The fraction of sp³-hybridized carbons (Fsp3) is 0.417. The number of carbonyl (C=O) groups is 1. The molecule has 1 heterocycles. The van der Waals surface area contributed by atoms with E-state index in [0.717, 1.165) is 12.2 Å². The van der Waals surface area contributed by atoms with E-state index in [-0.39, 0.29) is 17.6 Å². The van der Waals surface area contributed by atoms with E-state index < -0.39 is 0 Å². The Morgan fingerprint density at radius 1 is 1.35 bits per heavy atom. The summed E-state index contributed by atoms with van der Waals surface area (Å²) in [5, 5.41) is 6.01.